The van der Waals surface area contributed by atoms with Gasteiger partial charge >= 0.3 is 0 Å². The highest BCUT2D eigenvalue weighted by Gasteiger charge is 2.52. The van der Waals surface area contributed by atoms with Crippen molar-refractivity contribution in [3.63, 3.8) is 0 Å². The van der Waals surface area contributed by atoms with E-state index in [2.05, 4.69) is 48.8 Å². The molecule has 4 atom stereocenters. The summed E-state index contributed by atoms with van der Waals surface area (Å²) in [6, 6.07) is -0.577. The quantitative estimate of drug-likeness (QED) is 0.268. The van der Waals surface area contributed by atoms with E-state index in [4.69, 9.17) is 25.9 Å². The molecule has 4 rings (SSSR count). The highest BCUT2D eigenvalue weighted by Crippen LogP contribution is 2.87. The number of aromatic hydroxyl groups is 1. The van der Waals surface area contributed by atoms with E-state index in [9.17, 15) is 9.90 Å². The van der Waals surface area contributed by atoms with Gasteiger partial charge in [0.1, 0.15) is 17.3 Å². The van der Waals surface area contributed by atoms with Crippen LogP contribution in [0.4, 0.5) is 4.39 Å². The molecule has 9 nitrogen and oxygen atoms in total. The number of thiol groups is 1. The maximum absolute atomic E-state index is 15.9. The number of hydrogen-bond donors (Lipinski definition) is 3. The Morgan fingerprint density at radius 1 is 1.42 bits per heavy atom. The van der Waals surface area contributed by atoms with Gasteiger partial charge in [-0.05, 0) is 18.1 Å². The molecule has 2 aliphatic heterocycles. The fraction of sp³-hybridized carbons (Fsp3) is 0.722. The predicted molar refractivity (Wildman–Crippen MR) is 137 cm³/mol. The monoisotopic (exact) mass is 555 g/mol. The van der Waals surface area contributed by atoms with Crippen LogP contribution < -0.4 is 5.56 Å². The first-order valence-electron chi connectivity index (χ1n) is 10.5. The maximum Gasteiger partial charge on any atom is 0.296 e. The lowest BCUT2D eigenvalue weighted by Crippen LogP contribution is -2.44. The van der Waals surface area contributed by atoms with Gasteiger partial charge in [-0.2, -0.15) is 4.98 Å². The number of aromatic amines is 1. The fourth-order valence-electron chi connectivity index (χ4n) is 3.34. The van der Waals surface area contributed by atoms with Crippen LogP contribution >= 0.6 is 40.1 Å². The van der Waals surface area contributed by atoms with Gasteiger partial charge in [0, 0.05) is 11.5 Å². The third kappa shape index (κ3) is 5.13. The minimum Gasteiger partial charge on any atom is -0.480 e. The van der Waals surface area contributed by atoms with Crippen molar-refractivity contribution >= 4 is 59.6 Å². The van der Waals surface area contributed by atoms with Gasteiger partial charge < -0.3 is 18.8 Å². The van der Waals surface area contributed by atoms with E-state index in [0.29, 0.717) is 0 Å². The number of imidazole rings is 1. The molecule has 4 heterocycles. The zero-order chi connectivity index (χ0) is 24.2. The fourth-order valence-corrected chi connectivity index (χ4v) is 13.9. The summed E-state index contributed by atoms with van der Waals surface area (Å²) >= 11 is 7.99. The Bertz CT molecular complexity index is 1080. The zero-order valence-electron chi connectivity index (χ0n) is 19.0. The highest BCUT2D eigenvalue weighted by molar-refractivity contribution is 9.15. The second kappa shape index (κ2) is 9.27. The second-order valence-corrected chi connectivity index (χ2v) is 25.4. The molecule has 0 saturated carbocycles. The van der Waals surface area contributed by atoms with Crippen LogP contribution in [0.3, 0.4) is 0 Å². The number of aromatic nitrogens is 4. The number of nitrogens with zero attached hydrogens (tertiary/aromatic N) is 3. The van der Waals surface area contributed by atoms with Crippen molar-refractivity contribution in [2.45, 2.75) is 63.5 Å². The minimum absolute atomic E-state index is 0.0119. The number of hydrogen-bond acceptors (Lipinski definition) is 10. The molecule has 33 heavy (non-hydrogen) atoms. The Labute approximate surface area is 206 Å². The van der Waals surface area contributed by atoms with Crippen molar-refractivity contribution < 1.29 is 23.2 Å². The molecule has 0 bridgehead atoms. The Morgan fingerprint density at radius 2 is 2.09 bits per heavy atom. The first-order valence-corrected chi connectivity index (χ1v) is 19.4. The van der Waals surface area contributed by atoms with Crippen molar-refractivity contribution in [2.75, 3.05) is 18.1 Å². The van der Waals surface area contributed by atoms with Gasteiger partial charge in [0.25, 0.3) is 11.6 Å². The van der Waals surface area contributed by atoms with Crippen LogP contribution in [0.5, 0.6) is 6.01 Å². The number of alkyl halides is 1. The molecule has 0 amide bonds. The van der Waals surface area contributed by atoms with Crippen LogP contribution in [0.25, 0.3) is 11.2 Å². The highest BCUT2D eigenvalue weighted by atomic mass is 33.4. The first kappa shape index (κ1) is 25.7. The van der Waals surface area contributed by atoms with E-state index in [0.717, 1.165) is 11.5 Å². The van der Waals surface area contributed by atoms with Gasteiger partial charge in [0.05, 0.1) is 12.9 Å². The molecule has 15 heteroatoms. The molecule has 2 fully saturated rings. The Balaban J connectivity index is 1.64. The van der Waals surface area contributed by atoms with E-state index in [1.54, 1.807) is 22.8 Å². The van der Waals surface area contributed by atoms with E-state index in [1.165, 1.54) is 10.9 Å². The van der Waals surface area contributed by atoms with Crippen LogP contribution in [-0.2, 0) is 13.7 Å². The second-order valence-electron chi connectivity index (χ2n) is 9.50. The molecule has 0 unspecified atom stereocenters. The number of halogens is 1. The molecule has 2 aromatic rings. The average Bonchev–Trinajstić information content (AvgIpc) is 3.39. The lowest BCUT2D eigenvalue weighted by molar-refractivity contribution is -0.0401. The van der Waals surface area contributed by atoms with E-state index < -0.39 is 49.6 Å². The van der Waals surface area contributed by atoms with Gasteiger partial charge in [0.15, 0.2) is 31.9 Å². The maximum atomic E-state index is 15.9. The summed E-state index contributed by atoms with van der Waals surface area (Å²) in [6.07, 6.45) is -3.01. The number of H-pyrrole nitrogens is 1. The van der Waals surface area contributed by atoms with E-state index in [1.807, 2.05) is 0 Å². The number of ether oxygens (including phenoxy) is 1. The smallest absolute Gasteiger partial charge is 0.296 e. The summed E-state index contributed by atoms with van der Waals surface area (Å²) in [7, 11) is -2.12. The standard InChI is InChI=1S/C18H29FN4O5PS3Si/c1-18(2,3)33(4,5)26-8-10-13(28-29(30)31-6-7-32-29)11(19)16(27-10)23-9-20-12-14(23)21-17(25)22-15(12)24/h9-11,13,16,30H,6-8H2,1-5H3,(H2,21,22,24,25)/t10-,11-,13-,16-/m1/s1. The SMILES string of the molecule is CC(C)(C)[Si](C)(C)OC[C@H]1O[C@@H](n2cnc3c(=O)[nH]c(O)nc32)[C@H](F)[C@@H]1O[P]1(S)SCCS1. The van der Waals surface area contributed by atoms with Gasteiger partial charge in [0.2, 0.25) is 0 Å². The Kier molecular flexibility index (Phi) is 7.23. The Hall–Kier alpha value is -0.343. The number of nitrogens with one attached hydrogen (secondary N) is 1. The van der Waals surface area contributed by atoms with Gasteiger partial charge in [-0.25, -0.2) is 9.37 Å². The van der Waals surface area contributed by atoms with Crippen LogP contribution in [-0.4, -0.2) is 69.4 Å². The average molecular weight is 556 g/mol. The zero-order valence-corrected chi connectivity index (χ0v) is 23.4. The van der Waals surface area contributed by atoms with Crippen molar-refractivity contribution in [2.24, 2.45) is 0 Å². The topological polar surface area (TPSA) is 111 Å². The Morgan fingerprint density at radius 3 is 2.73 bits per heavy atom. The van der Waals surface area contributed by atoms with Crippen molar-refractivity contribution in [1.82, 2.24) is 19.5 Å². The van der Waals surface area contributed by atoms with Crippen LogP contribution in [0.15, 0.2) is 11.1 Å². The molecule has 1 radical (unpaired) electrons. The first-order chi connectivity index (χ1) is 15.3. The largest absolute Gasteiger partial charge is 0.480 e. The summed E-state index contributed by atoms with van der Waals surface area (Å²) in [6.45, 7) is 10.8. The lowest BCUT2D eigenvalue weighted by Gasteiger charge is -2.37. The molecule has 185 valence electrons. The molecular formula is C18H29FN4O5PS3Si. The molecular weight excluding hydrogens is 526 g/mol. The van der Waals surface area contributed by atoms with Crippen molar-refractivity contribution in [3.05, 3.63) is 16.7 Å². The number of rotatable bonds is 6. The molecule has 0 aromatic carbocycles. The lowest BCUT2D eigenvalue weighted by atomic mass is 10.1. The van der Waals surface area contributed by atoms with Crippen LogP contribution in [0, 0.1) is 0 Å². The summed E-state index contributed by atoms with van der Waals surface area (Å²) in [5.41, 5.74) is -0.593. The minimum atomic E-state index is -2.18. The van der Waals surface area contributed by atoms with E-state index in [-0.39, 0.29) is 22.8 Å². The third-order valence-corrected chi connectivity index (χ3v) is 20.7. The van der Waals surface area contributed by atoms with Crippen molar-refractivity contribution in [1.29, 1.82) is 0 Å². The van der Waals surface area contributed by atoms with Gasteiger partial charge in [-0.3, -0.25) is 14.3 Å². The van der Waals surface area contributed by atoms with Crippen LogP contribution in [0.1, 0.15) is 27.0 Å². The molecule has 0 aliphatic carbocycles. The van der Waals surface area contributed by atoms with E-state index >= 15 is 4.39 Å². The summed E-state index contributed by atoms with van der Waals surface area (Å²) in [5.74, 6) is 1.80. The molecule has 2 aromatic heterocycles. The van der Waals surface area contributed by atoms with Gasteiger partial charge in [-0.1, -0.05) is 43.5 Å². The normalized spacial score (nSPS) is 28.1. The summed E-state index contributed by atoms with van der Waals surface area (Å²) < 4.78 is 36.0. The van der Waals surface area contributed by atoms with Crippen molar-refractivity contribution in [3.8, 4) is 6.01 Å². The van der Waals surface area contributed by atoms with Crippen LogP contribution in [0.2, 0.25) is 18.1 Å². The molecule has 2 saturated heterocycles. The predicted octanol–water partition coefficient (Wildman–Crippen LogP) is 4.56. The molecule has 0 spiro atoms. The molecule has 2 N–H and O–H groups in total. The van der Waals surface area contributed by atoms with Gasteiger partial charge in [-0.15, -0.1) is 12.2 Å². The summed E-state index contributed by atoms with van der Waals surface area (Å²) in [4.78, 5) is 22.2. The molecule has 2 aliphatic rings. The summed E-state index contributed by atoms with van der Waals surface area (Å²) in [5, 5.41) is 7.55. The third-order valence-electron chi connectivity index (χ3n) is 6.22. The number of fused-ring (bicyclic) bond motifs is 1.